The Kier molecular flexibility index (Phi) is 3.00. The van der Waals surface area contributed by atoms with E-state index in [0.717, 1.165) is 11.1 Å². The summed E-state index contributed by atoms with van der Waals surface area (Å²) in [5.74, 6) is -0.279. The van der Waals surface area contributed by atoms with Gasteiger partial charge >= 0.3 is 11.9 Å². The first kappa shape index (κ1) is 10.8. The summed E-state index contributed by atoms with van der Waals surface area (Å²) in [5.41, 5.74) is 1.94. The van der Waals surface area contributed by atoms with Gasteiger partial charge in [0.15, 0.2) is 0 Å². The van der Waals surface area contributed by atoms with Crippen LogP contribution in [0.1, 0.15) is 23.2 Å². The highest BCUT2D eigenvalue weighted by atomic mass is 32.1. The van der Waals surface area contributed by atoms with E-state index in [1.165, 1.54) is 0 Å². The number of ether oxygens (including phenoxy) is 1. The van der Waals surface area contributed by atoms with E-state index in [-0.39, 0.29) is 12.5 Å². The van der Waals surface area contributed by atoms with Crippen molar-refractivity contribution in [3.05, 3.63) is 22.2 Å². The van der Waals surface area contributed by atoms with Gasteiger partial charge in [0, 0.05) is 10.9 Å². The second-order valence-electron chi connectivity index (χ2n) is 3.11. The molecule has 0 radical (unpaired) electrons. The van der Waals surface area contributed by atoms with Crippen LogP contribution >= 0.6 is 11.3 Å². The molecule has 2 aromatic rings. The van der Waals surface area contributed by atoms with Crippen molar-refractivity contribution in [1.82, 2.24) is 10.1 Å². The third-order valence-electron chi connectivity index (χ3n) is 1.97. The fraction of sp³-hybridized carbons (Fsp3) is 0.300. The Bertz CT molecular complexity index is 504. The lowest BCUT2D eigenvalue weighted by Gasteiger charge is -1.93. The molecule has 0 fully saturated rings. The number of hydrogen-bond donors (Lipinski definition) is 0. The topological polar surface area (TPSA) is 65.2 Å². The van der Waals surface area contributed by atoms with Crippen LogP contribution < -0.4 is 0 Å². The largest absolute Gasteiger partial charge is 0.459 e. The summed E-state index contributed by atoms with van der Waals surface area (Å²) in [4.78, 5) is 15.3. The van der Waals surface area contributed by atoms with E-state index in [2.05, 4.69) is 10.1 Å². The number of aryl methyl sites for hydroxylation is 1. The van der Waals surface area contributed by atoms with Crippen LogP contribution in [0.5, 0.6) is 0 Å². The molecule has 0 unspecified atom stereocenters. The number of rotatable bonds is 3. The average molecular weight is 238 g/mol. The minimum atomic E-state index is -0.589. The number of hydrogen-bond acceptors (Lipinski definition) is 6. The van der Waals surface area contributed by atoms with E-state index >= 15 is 0 Å². The van der Waals surface area contributed by atoms with Crippen molar-refractivity contribution in [1.29, 1.82) is 0 Å². The molecule has 2 rings (SSSR count). The molecular formula is C10H10N2O3S. The van der Waals surface area contributed by atoms with Gasteiger partial charge in [-0.1, -0.05) is 5.16 Å². The zero-order valence-electron chi connectivity index (χ0n) is 8.89. The van der Waals surface area contributed by atoms with Crippen molar-refractivity contribution in [2.75, 3.05) is 6.61 Å². The molecule has 0 bridgehead atoms. The molecule has 16 heavy (non-hydrogen) atoms. The Hall–Kier alpha value is -1.69. The molecule has 0 atom stereocenters. The molecule has 5 nitrogen and oxygen atoms in total. The monoisotopic (exact) mass is 238 g/mol. The Morgan fingerprint density at radius 2 is 2.38 bits per heavy atom. The highest BCUT2D eigenvalue weighted by molar-refractivity contribution is 7.08. The lowest BCUT2D eigenvalue weighted by Crippen LogP contribution is -2.04. The summed E-state index contributed by atoms with van der Waals surface area (Å²) in [5, 5.41) is 7.64. The van der Waals surface area contributed by atoms with Crippen LogP contribution in [0.15, 0.2) is 15.3 Å². The van der Waals surface area contributed by atoms with Gasteiger partial charge in [-0.25, -0.2) is 4.79 Å². The molecule has 2 aromatic heterocycles. The average Bonchev–Trinajstić information content (AvgIpc) is 2.86. The zero-order valence-corrected chi connectivity index (χ0v) is 9.71. The second kappa shape index (κ2) is 4.44. The molecule has 0 aromatic carbocycles. The van der Waals surface area contributed by atoms with Gasteiger partial charge in [-0.15, -0.1) is 0 Å². The fourth-order valence-corrected chi connectivity index (χ4v) is 2.02. The van der Waals surface area contributed by atoms with Gasteiger partial charge in [0.05, 0.1) is 6.61 Å². The van der Waals surface area contributed by atoms with Gasteiger partial charge in [0.1, 0.15) is 0 Å². The first-order valence-electron chi connectivity index (χ1n) is 4.76. The van der Waals surface area contributed by atoms with Gasteiger partial charge in [-0.05, 0) is 24.8 Å². The maximum atomic E-state index is 11.3. The maximum absolute atomic E-state index is 11.3. The van der Waals surface area contributed by atoms with Crippen LogP contribution in [-0.2, 0) is 4.74 Å². The number of thiophene rings is 1. The Balaban J connectivity index is 2.26. The molecule has 6 heteroatoms. The fourth-order valence-electron chi connectivity index (χ4n) is 1.20. The second-order valence-corrected chi connectivity index (χ2v) is 3.86. The van der Waals surface area contributed by atoms with Crippen LogP contribution in [-0.4, -0.2) is 22.7 Å². The van der Waals surface area contributed by atoms with Crippen LogP contribution in [0.2, 0.25) is 0 Å². The molecule has 2 heterocycles. The first-order chi connectivity index (χ1) is 7.72. The van der Waals surface area contributed by atoms with Crippen LogP contribution in [0.25, 0.3) is 11.4 Å². The van der Waals surface area contributed by atoms with Crippen molar-refractivity contribution >= 4 is 17.3 Å². The molecule has 0 aliphatic heterocycles. The molecule has 0 aliphatic carbocycles. The number of carbonyl (C=O) groups is 1. The minimum Gasteiger partial charge on any atom is -0.459 e. The third-order valence-corrected chi connectivity index (χ3v) is 2.83. The molecule has 0 saturated heterocycles. The summed E-state index contributed by atoms with van der Waals surface area (Å²) in [7, 11) is 0. The normalized spacial score (nSPS) is 10.4. The molecule has 0 aliphatic rings. The molecule has 0 spiro atoms. The molecule has 84 valence electrons. The van der Waals surface area contributed by atoms with Crippen LogP contribution in [0, 0.1) is 6.92 Å². The zero-order chi connectivity index (χ0) is 11.5. The summed E-state index contributed by atoms with van der Waals surface area (Å²) < 4.78 is 9.58. The van der Waals surface area contributed by atoms with Crippen LogP contribution in [0.3, 0.4) is 0 Å². The SMILES string of the molecule is CCOC(=O)c1nc(-c2cscc2C)no1. The van der Waals surface area contributed by atoms with E-state index < -0.39 is 5.97 Å². The van der Waals surface area contributed by atoms with Gasteiger partial charge in [0.2, 0.25) is 5.82 Å². The van der Waals surface area contributed by atoms with Crippen molar-refractivity contribution in [2.45, 2.75) is 13.8 Å². The van der Waals surface area contributed by atoms with Crippen molar-refractivity contribution < 1.29 is 14.1 Å². The highest BCUT2D eigenvalue weighted by Gasteiger charge is 2.18. The number of aromatic nitrogens is 2. The quantitative estimate of drug-likeness (QED) is 0.767. The highest BCUT2D eigenvalue weighted by Crippen LogP contribution is 2.24. The summed E-state index contributed by atoms with van der Waals surface area (Å²) in [6.07, 6.45) is 0. The van der Waals surface area contributed by atoms with Crippen molar-refractivity contribution in [2.24, 2.45) is 0 Å². The predicted octanol–water partition coefficient (Wildman–Crippen LogP) is 2.28. The van der Waals surface area contributed by atoms with Crippen LogP contribution in [0.4, 0.5) is 0 Å². The van der Waals surface area contributed by atoms with E-state index in [0.29, 0.717) is 5.82 Å². The molecule has 0 saturated carbocycles. The molecular weight excluding hydrogens is 228 g/mol. The predicted molar refractivity (Wildman–Crippen MR) is 58.3 cm³/mol. The van der Waals surface area contributed by atoms with Gasteiger partial charge in [-0.2, -0.15) is 16.3 Å². The Labute approximate surface area is 96.0 Å². The molecule has 0 amide bonds. The Morgan fingerprint density at radius 1 is 1.56 bits per heavy atom. The number of esters is 1. The van der Waals surface area contributed by atoms with Gasteiger partial charge in [0.25, 0.3) is 0 Å². The van der Waals surface area contributed by atoms with E-state index in [1.807, 2.05) is 17.7 Å². The molecule has 0 N–H and O–H groups in total. The standard InChI is InChI=1S/C10H10N2O3S/c1-3-14-10(13)9-11-8(12-15-9)7-5-16-4-6(7)2/h4-5H,3H2,1-2H3. The summed E-state index contributed by atoms with van der Waals surface area (Å²) >= 11 is 1.55. The summed E-state index contributed by atoms with van der Waals surface area (Å²) in [6, 6.07) is 0. The van der Waals surface area contributed by atoms with Crippen molar-refractivity contribution in [3.63, 3.8) is 0 Å². The lowest BCUT2D eigenvalue weighted by atomic mass is 10.2. The van der Waals surface area contributed by atoms with Gasteiger partial charge in [-0.3, -0.25) is 0 Å². The summed E-state index contributed by atoms with van der Waals surface area (Å²) in [6.45, 7) is 3.96. The minimum absolute atomic E-state index is 0.109. The third kappa shape index (κ3) is 1.96. The lowest BCUT2D eigenvalue weighted by molar-refractivity contribution is 0.0470. The number of carbonyl (C=O) groups excluding carboxylic acids is 1. The van der Waals surface area contributed by atoms with Crippen molar-refractivity contribution in [3.8, 4) is 11.4 Å². The number of nitrogens with zero attached hydrogens (tertiary/aromatic N) is 2. The smallest absolute Gasteiger partial charge is 0.397 e. The maximum Gasteiger partial charge on any atom is 0.397 e. The first-order valence-corrected chi connectivity index (χ1v) is 5.70. The Morgan fingerprint density at radius 3 is 3.00 bits per heavy atom. The van der Waals surface area contributed by atoms with Gasteiger partial charge < -0.3 is 9.26 Å². The van der Waals surface area contributed by atoms with E-state index in [1.54, 1.807) is 18.3 Å². The van der Waals surface area contributed by atoms with E-state index in [9.17, 15) is 4.79 Å². The van der Waals surface area contributed by atoms with E-state index in [4.69, 9.17) is 9.26 Å².